The highest BCUT2D eigenvalue weighted by Gasteiger charge is 2.24. The predicted octanol–water partition coefficient (Wildman–Crippen LogP) is 6.00. The highest BCUT2D eigenvalue weighted by atomic mass is 127. The normalized spacial score (nSPS) is 14.1. The Hall–Kier alpha value is -1.73. The lowest BCUT2D eigenvalue weighted by Crippen LogP contribution is -2.29. The fourth-order valence-corrected chi connectivity index (χ4v) is 6.17. The van der Waals surface area contributed by atoms with E-state index in [1.807, 2.05) is 18.2 Å². The molecule has 7 heteroatoms. The van der Waals surface area contributed by atoms with Crippen LogP contribution in [0.25, 0.3) is 0 Å². The molecule has 0 spiro atoms. The van der Waals surface area contributed by atoms with Crippen LogP contribution in [-0.4, -0.2) is 22.8 Å². The number of aliphatic imine (C=N–C) groups is 1. The lowest BCUT2D eigenvalue weighted by molar-refractivity contribution is 0.249. The van der Waals surface area contributed by atoms with Gasteiger partial charge in [0.05, 0.1) is 9.13 Å². The van der Waals surface area contributed by atoms with Gasteiger partial charge in [0.2, 0.25) is 0 Å². The summed E-state index contributed by atoms with van der Waals surface area (Å²) in [5.74, 6) is 0.200. The first-order chi connectivity index (χ1) is 14.0. The molecular formula is C22H17BrIN3OS. The minimum Gasteiger partial charge on any atom is -0.506 e. The Kier molecular flexibility index (Phi) is 6.35. The van der Waals surface area contributed by atoms with Crippen molar-refractivity contribution in [1.82, 2.24) is 4.90 Å². The van der Waals surface area contributed by atoms with Gasteiger partial charge in [0, 0.05) is 40.8 Å². The van der Waals surface area contributed by atoms with E-state index < -0.39 is 0 Å². The molecule has 4 nitrogen and oxygen atoms in total. The number of hydrogen-bond acceptors (Lipinski definition) is 5. The molecule has 0 unspecified atom stereocenters. The second-order valence-corrected chi connectivity index (χ2v) is 9.99. The summed E-state index contributed by atoms with van der Waals surface area (Å²) in [4.78, 5) is 8.19. The number of nitriles is 1. The van der Waals surface area contributed by atoms with Crippen molar-refractivity contribution in [3.8, 4) is 11.8 Å². The molecule has 1 aliphatic heterocycles. The summed E-state index contributed by atoms with van der Waals surface area (Å²) in [6.07, 6.45) is 2.50. The number of nitrogens with zero attached hydrogens (tertiary/aromatic N) is 3. The van der Waals surface area contributed by atoms with Crippen molar-refractivity contribution in [3.05, 3.63) is 77.6 Å². The van der Waals surface area contributed by atoms with Crippen LogP contribution in [0.2, 0.25) is 0 Å². The molecule has 2 aromatic carbocycles. The molecule has 0 atom stereocenters. The van der Waals surface area contributed by atoms with Gasteiger partial charge in [0.1, 0.15) is 16.8 Å². The van der Waals surface area contributed by atoms with Crippen LogP contribution in [0.3, 0.4) is 0 Å². The van der Waals surface area contributed by atoms with E-state index in [0.29, 0.717) is 16.1 Å². The number of halogens is 2. The highest BCUT2D eigenvalue weighted by Crippen LogP contribution is 2.39. The quantitative estimate of drug-likeness (QED) is 0.305. The average Bonchev–Trinajstić information content (AvgIpc) is 3.07. The molecule has 146 valence electrons. The van der Waals surface area contributed by atoms with E-state index >= 15 is 0 Å². The van der Waals surface area contributed by atoms with Crippen LogP contribution in [0.15, 0.2) is 51.9 Å². The summed E-state index contributed by atoms with van der Waals surface area (Å²) in [7, 11) is 0. The Morgan fingerprint density at radius 2 is 2.10 bits per heavy atom. The molecule has 1 aliphatic rings. The van der Waals surface area contributed by atoms with Gasteiger partial charge >= 0.3 is 0 Å². The Bertz CT molecular complexity index is 1120. The fourth-order valence-electron chi connectivity index (χ4n) is 3.44. The van der Waals surface area contributed by atoms with Crippen LogP contribution in [0.1, 0.15) is 27.1 Å². The Morgan fingerprint density at radius 1 is 1.31 bits per heavy atom. The molecule has 29 heavy (non-hydrogen) atoms. The maximum atomic E-state index is 10.3. The predicted molar refractivity (Wildman–Crippen MR) is 129 cm³/mol. The summed E-state index contributed by atoms with van der Waals surface area (Å²) in [6, 6.07) is 16.5. The van der Waals surface area contributed by atoms with Gasteiger partial charge in [0.15, 0.2) is 0 Å². The SMILES string of the molecule is N#Cc1c(N=Cc2cc(Br)cc(I)c2O)sc2c1CCN(Cc1ccccc1)C2. The van der Waals surface area contributed by atoms with Gasteiger partial charge in [-0.25, -0.2) is 4.99 Å². The van der Waals surface area contributed by atoms with Crippen molar-refractivity contribution in [1.29, 1.82) is 5.26 Å². The minimum absolute atomic E-state index is 0.200. The van der Waals surface area contributed by atoms with Crippen LogP contribution in [0, 0.1) is 14.9 Å². The molecule has 1 N–H and O–H groups in total. The van der Waals surface area contributed by atoms with Crippen LogP contribution in [-0.2, 0) is 19.5 Å². The van der Waals surface area contributed by atoms with E-state index in [2.05, 4.69) is 78.7 Å². The van der Waals surface area contributed by atoms with Crippen molar-refractivity contribution >= 4 is 61.1 Å². The standard InChI is InChI=1S/C22H17BrIN3OS/c23-16-8-15(21(28)19(24)9-16)11-26-22-18(10-25)17-6-7-27(13-20(17)29-22)12-14-4-2-1-3-5-14/h1-5,8-9,11,28H,6-7,12-13H2. The smallest absolute Gasteiger partial charge is 0.137 e. The number of phenols is 1. The van der Waals surface area contributed by atoms with E-state index in [-0.39, 0.29) is 5.75 Å². The highest BCUT2D eigenvalue weighted by molar-refractivity contribution is 14.1. The molecule has 0 saturated carbocycles. The largest absolute Gasteiger partial charge is 0.506 e. The zero-order valence-electron chi connectivity index (χ0n) is 15.4. The van der Waals surface area contributed by atoms with E-state index in [1.165, 1.54) is 10.4 Å². The third-order valence-electron chi connectivity index (χ3n) is 4.86. The third-order valence-corrected chi connectivity index (χ3v) is 7.26. The van der Waals surface area contributed by atoms with Crippen LogP contribution >= 0.6 is 49.9 Å². The van der Waals surface area contributed by atoms with Crippen molar-refractivity contribution in [2.45, 2.75) is 19.5 Å². The molecular weight excluding hydrogens is 561 g/mol. The molecule has 0 amide bonds. The summed E-state index contributed by atoms with van der Waals surface area (Å²) in [5.41, 5.74) is 3.72. The van der Waals surface area contributed by atoms with Crippen molar-refractivity contribution < 1.29 is 5.11 Å². The van der Waals surface area contributed by atoms with Gasteiger partial charge in [0.25, 0.3) is 0 Å². The first-order valence-corrected chi connectivity index (χ1v) is 11.8. The van der Waals surface area contributed by atoms with Crippen molar-refractivity contribution in [2.24, 2.45) is 4.99 Å². The van der Waals surface area contributed by atoms with Gasteiger partial charge in [-0.1, -0.05) is 46.3 Å². The molecule has 3 aromatic rings. The maximum Gasteiger partial charge on any atom is 0.137 e. The third kappa shape index (κ3) is 4.56. The Labute approximate surface area is 195 Å². The summed E-state index contributed by atoms with van der Waals surface area (Å²) < 4.78 is 1.63. The molecule has 4 rings (SSSR count). The molecule has 0 fully saturated rings. The second-order valence-electron chi connectivity index (χ2n) is 6.83. The molecule has 2 heterocycles. The molecule has 1 aromatic heterocycles. The van der Waals surface area contributed by atoms with Crippen LogP contribution in [0.5, 0.6) is 5.75 Å². The number of rotatable bonds is 4. The van der Waals surface area contributed by atoms with Crippen molar-refractivity contribution in [2.75, 3.05) is 6.54 Å². The van der Waals surface area contributed by atoms with Gasteiger partial charge in [-0.05, 0) is 52.3 Å². The topological polar surface area (TPSA) is 59.6 Å². The molecule has 0 saturated heterocycles. The number of phenolic OH excluding ortho intramolecular Hbond substituents is 1. The lowest BCUT2D eigenvalue weighted by Gasteiger charge is -2.26. The second kappa shape index (κ2) is 8.96. The zero-order chi connectivity index (χ0) is 20.4. The number of aromatic hydroxyl groups is 1. The van der Waals surface area contributed by atoms with Crippen molar-refractivity contribution in [3.63, 3.8) is 0 Å². The Balaban J connectivity index is 1.59. The zero-order valence-corrected chi connectivity index (χ0v) is 20.0. The summed E-state index contributed by atoms with van der Waals surface area (Å²) in [5, 5.41) is 20.7. The average molecular weight is 578 g/mol. The number of fused-ring (bicyclic) bond motifs is 1. The molecule has 0 radical (unpaired) electrons. The molecule has 0 aliphatic carbocycles. The molecule has 0 bridgehead atoms. The van der Waals surface area contributed by atoms with Gasteiger partial charge in [-0.3, -0.25) is 4.90 Å². The summed E-state index contributed by atoms with van der Waals surface area (Å²) >= 11 is 7.11. The number of thiophene rings is 1. The van der Waals surface area contributed by atoms with Crippen LogP contribution in [0.4, 0.5) is 5.00 Å². The van der Waals surface area contributed by atoms with E-state index in [1.54, 1.807) is 17.6 Å². The fraction of sp³-hybridized carbons (Fsp3) is 0.182. The maximum absolute atomic E-state index is 10.3. The summed E-state index contributed by atoms with van der Waals surface area (Å²) in [6.45, 7) is 2.67. The van der Waals surface area contributed by atoms with Gasteiger partial charge in [-0.15, -0.1) is 11.3 Å². The van der Waals surface area contributed by atoms with E-state index in [4.69, 9.17) is 0 Å². The van der Waals surface area contributed by atoms with E-state index in [0.717, 1.165) is 39.7 Å². The van der Waals surface area contributed by atoms with Gasteiger partial charge in [-0.2, -0.15) is 5.26 Å². The monoisotopic (exact) mass is 577 g/mol. The minimum atomic E-state index is 0.200. The lowest BCUT2D eigenvalue weighted by atomic mass is 10.0. The van der Waals surface area contributed by atoms with E-state index in [9.17, 15) is 10.4 Å². The first-order valence-electron chi connectivity index (χ1n) is 9.08. The van der Waals surface area contributed by atoms with Gasteiger partial charge < -0.3 is 5.11 Å². The Morgan fingerprint density at radius 3 is 2.86 bits per heavy atom. The number of hydrogen-bond donors (Lipinski definition) is 1. The number of benzene rings is 2. The van der Waals surface area contributed by atoms with Crippen LogP contribution < -0.4 is 0 Å². The first kappa shape index (κ1) is 20.5.